The molecule has 0 aliphatic heterocycles. The fraction of sp³-hybridized carbons (Fsp3) is 0.733. The molecule has 0 atom stereocenters. The van der Waals surface area contributed by atoms with Crippen LogP contribution >= 0.6 is 0 Å². The van der Waals surface area contributed by atoms with Crippen molar-refractivity contribution in [3.05, 3.63) is 11.3 Å². The second kappa shape index (κ2) is 11.7. The Bertz CT molecular complexity index is 365. The summed E-state index contributed by atoms with van der Waals surface area (Å²) in [6.45, 7) is 8.94. The minimum absolute atomic E-state index is 0.429. The van der Waals surface area contributed by atoms with Crippen LogP contribution in [0.1, 0.15) is 26.7 Å². The summed E-state index contributed by atoms with van der Waals surface area (Å²) in [7, 11) is -1.45. The molecule has 0 fully saturated rings. The molecule has 0 saturated heterocycles. The average molecular weight is 294 g/mol. The second-order valence-corrected chi connectivity index (χ2v) is 10.1. The van der Waals surface area contributed by atoms with Crippen LogP contribution in [-0.2, 0) is 9.47 Å². The maximum atomic E-state index is 8.53. The molecule has 0 radical (unpaired) electrons. The first-order valence-corrected chi connectivity index (χ1v) is 10.1. The Labute approximate surface area is 124 Å². The van der Waals surface area contributed by atoms with Gasteiger partial charge in [0.2, 0.25) is 0 Å². The molecule has 0 bridgehead atoms. The third-order valence-electron chi connectivity index (χ3n) is 3.76. The highest BCUT2D eigenvalue weighted by Crippen LogP contribution is 2.24. The van der Waals surface area contributed by atoms with Crippen LogP contribution in [0.3, 0.4) is 0 Å². The van der Waals surface area contributed by atoms with Crippen LogP contribution in [0.25, 0.3) is 0 Å². The Kier molecular flexibility index (Phi) is 11.0. The van der Waals surface area contributed by atoms with E-state index in [0.717, 1.165) is 0 Å². The van der Waals surface area contributed by atoms with Crippen LogP contribution in [0.15, 0.2) is 11.3 Å². The van der Waals surface area contributed by atoms with E-state index in [4.69, 9.17) is 20.0 Å². The summed E-state index contributed by atoms with van der Waals surface area (Å²) >= 11 is 0. The second-order valence-electron chi connectivity index (χ2n) is 4.94. The zero-order valence-electron chi connectivity index (χ0n) is 12.9. The van der Waals surface area contributed by atoms with Crippen molar-refractivity contribution in [3.8, 4) is 12.1 Å². The minimum Gasteiger partial charge on any atom is -0.376 e. The Balaban J connectivity index is 4.50. The average Bonchev–Trinajstić information content (AvgIpc) is 2.48. The van der Waals surface area contributed by atoms with Crippen LogP contribution in [0.2, 0.25) is 18.6 Å². The van der Waals surface area contributed by atoms with Gasteiger partial charge in [-0.3, -0.25) is 0 Å². The molecule has 0 rings (SSSR count). The van der Waals surface area contributed by atoms with E-state index < -0.39 is 8.07 Å². The molecule has 0 aromatic heterocycles. The van der Waals surface area contributed by atoms with Crippen molar-refractivity contribution in [2.75, 3.05) is 26.4 Å². The van der Waals surface area contributed by atoms with E-state index in [0.29, 0.717) is 39.3 Å². The van der Waals surface area contributed by atoms with E-state index in [2.05, 4.69) is 38.6 Å². The van der Waals surface area contributed by atoms with Crippen LogP contribution in [-0.4, -0.2) is 34.5 Å². The number of rotatable bonds is 11. The molecule has 0 unspecified atom stereocenters. The van der Waals surface area contributed by atoms with E-state index >= 15 is 0 Å². The molecule has 0 aliphatic rings. The molecular formula is C15H26N2O2Si. The Hall–Kier alpha value is -1.14. The summed E-state index contributed by atoms with van der Waals surface area (Å²) in [5.74, 6) is 0. The SMILES string of the molecule is CC[Si](C)(CC)/C(=C\COCCC#N)COCCC#N. The lowest BCUT2D eigenvalue weighted by molar-refractivity contribution is 0.157. The summed E-state index contributed by atoms with van der Waals surface area (Å²) in [6.07, 6.45) is 2.99. The van der Waals surface area contributed by atoms with Gasteiger partial charge in [0.15, 0.2) is 0 Å². The number of ether oxygens (including phenoxy) is 2. The van der Waals surface area contributed by atoms with E-state index in [-0.39, 0.29) is 0 Å². The molecule has 0 aromatic carbocycles. The molecule has 112 valence electrons. The van der Waals surface area contributed by atoms with E-state index in [1.165, 1.54) is 17.3 Å². The van der Waals surface area contributed by atoms with Gasteiger partial charge in [0.05, 0.1) is 59.5 Å². The van der Waals surface area contributed by atoms with Gasteiger partial charge in [0.25, 0.3) is 0 Å². The van der Waals surface area contributed by atoms with Gasteiger partial charge in [-0.1, -0.05) is 43.8 Å². The number of nitrogens with zero attached hydrogens (tertiary/aromatic N) is 2. The molecule has 0 aromatic rings. The number of hydrogen-bond acceptors (Lipinski definition) is 4. The predicted octanol–water partition coefficient (Wildman–Crippen LogP) is 3.43. The third-order valence-corrected chi connectivity index (χ3v) is 8.78. The van der Waals surface area contributed by atoms with Crippen LogP contribution in [0, 0.1) is 22.7 Å². The summed E-state index contributed by atoms with van der Waals surface area (Å²) in [5, 5.41) is 18.3. The van der Waals surface area contributed by atoms with Gasteiger partial charge < -0.3 is 9.47 Å². The molecule has 4 nitrogen and oxygen atoms in total. The molecular weight excluding hydrogens is 268 g/mol. The van der Waals surface area contributed by atoms with E-state index in [1.807, 2.05) is 0 Å². The smallest absolute Gasteiger partial charge is 0.0806 e. The lowest BCUT2D eigenvalue weighted by Gasteiger charge is -2.28. The summed E-state index contributed by atoms with van der Waals surface area (Å²) in [5.41, 5.74) is 0. The van der Waals surface area contributed by atoms with E-state index in [1.54, 1.807) is 0 Å². The standard InChI is InChI=1S/C15H26N2O2Si/c1-4-20(3,5-2)15(14-19-12-7-10-17)8-13-18-11-6-9-16/h8H,4-7,11-14H2,1-3H3/b15-8-. The molecule has 5 heteroatoms. The topological polar surface area (TPSA) is 66.0 Å². The van der Waals surface area contributed by atoms with Gasteiger partial charge in [-0.15, -0.1) is 0 Å². The summed E-state index contributed by atoms with van der Waals surface area (Å²) in [4.78, 5) is 0. The summed E-state index contributed by atoms with van der Waals surface area (Å²) in [6, 6.07) is 6.50. The molecule has 0 saturated carbocycles. The van der Waals surface area contributed by atoms with Gasteiger partial charge in [0.1, 0.15) is 0 Å². The zero-order valence-corrected chi connectivity index (χ0v) is 13.9. The fourth-order valence-corrected chi connectivity index (χ4v) is 4.28. The molecule has 0 aliphatic carbocycles. The highest BCUT2D eigenvalue weighted by molar-refractivity contribution is 6.85. The monoisotopic (exact) mass is 294 g/mol. The lowest BCUT2D eigenvalue weighted by atomic mass is 10.5. The maximum absolute atomic E-state index is 8.53. The van der Waals surface area contributed by atoms with Crippen molar-refractivity contribution in [2.45, 2.75) is 45.3 Å². The first-order valence-electron chi connectivity index (χ1n) is 7.23. The molecule has 0 spiro atoms. The van der Waals surface area contributed by atoms with Crippen LogP contribution in [0.5, 0.6) is 0 Å². The van der Waals surface area contributed by atoms with Crippen molar-refractivity contribution >= 4 is 8.07 Å². The van der Waals surface area contributed by atoms with Gasteiger partial charge in [0, 0.05) is 0 Å². The van der Waals surface area contributed by atoms with Gasteiger partial charge in [-0.2, -0.15) is 10.5 Å². The van der Waals surface area contributed by atoms with Crippen molar-refractivity contribution in [3.63, 3.8) is 0 Å². The Morgan fingerprint density at radius 3 is 2.10 bits per heavy atom. The van der Waals surface area contributed by atoms with Crippen LogP contribution < -0.4 is 0 Å². The molecule has 0 heterocycles. The number of nitriles is 2. The summed E-state index contributed by atoms with van der Waals surface area (Å²) < 4.78 is 11.0. The highest BCUT2D eigenvalue weighted by Gasteiger charge is 2.27. The van der Waals surface area contributed by atoms with Gasteiger partial charge in [-0.05, 0) is 0 Å². The molecule has 0 amide bonds. The number of hydrogen-bond donors (Lipinski definition) is 0. The Morgan fingerprint density at radius 1 is 1.05 bits per heavy atom. The quantitative estimate of drug-likeness (QED) is 0.432. The molecule has 20 heavy (non-hydrogen) atoms. The Morgan fingerprint density at radius 2 is 1.60 bits per heavy atom. The highest BCUT2D eigenvalue weighted by atomic mass is 28.3. The molecule has 0 N–H and O–H groups in total. The van der Waals surface area contributed by atoms with Crippen LogP contribution in [0.4, 0.5) is 0 Å². The van der Waals surface area contributed by atoms with E-state index in [9.17, 15) is 0 Å². The predicted molar refractivity (Wildman–Crippen MR) is 82.8 cm³/mol. The van der Waals surface area contributed by atoms with Crippen molar-refractivity contribution < 1.29 is 9.47 Å². The lowest BCUT2D eigenvalue weighted by Crippen LogP contribution is -2.34. The normalized spacial score (nSPS) is 11.9. The third kappa shape index (κ3) is 7.45. The zero-order chi connectivity index (χ0) is 15.3. The largest absolute Gasteiger partial charge is 0.376 e. The van der Waals surface area contributed by atoms with Crippen molar-refractivity contribution in [1.29, 1.82) is 10.5 Å². The van der Waals surface area contributed by atoms with Gasteiger partial charge >= 0.3 is 0 Å². The van der Waals surface area contributed by atoms with Crippen molar-refractivity contribution in [2.24, 2.45) is 0 Å². The fourth-order valence-electron chi connectivity index (χ4n) is 1.84. The minimum atomic E-state index is -1.45. The maximum Gasteiger partial charge on any atom is 0.0806 e. The van der Waals surface area contributed by atoms with Gasteiger partial charge in [-0.25, -0.2) is 0 Å². The van der Waals surface area contributed by atoms with Crippen molar-refractivity contribution in [1.82, 2.24) is 0 Å². The first kappa shape index (κ1) is 18.9. The first-order chi connectivity index (χ1) is 9.64.